The van der Waals surface area contributed by atoms with Gasteiger partial charge in [-0.05, 0) is 23.3 Å². The highest BCUT2D eigenvalue weighted by Gasteiger charge is 2.32. The summed E-state index contributed by atoms with van der Waals surface area (Å²) in [5.41, 5.74) is -0.364. The fraction of sp³-hybridized carbons (Fsp3) is 0.615. The van der Waals surface area contributed by atoms with E-state index in [1.165, 1.54) is 18.6 Å². The Kier molecular flexibility index (Phi) is 5.92. The monoisotopic (exact) mass is 335 g/mol. The largest absolute Gasteiger partial charge is 0.465 e. The smallest absolute Gasteiger partial charge is 0.349 e. The van der Waals surface area contributed by atoms with Gasteiger partial charge in [0.15, 0.2) is 0 Å². The molecule has 0 aliphatic rings. The Morgan fingerprint density at radius 2 is 2.10 bits per heavy atom. The average molecular weight is 335 g/mol. The number of esters is 1. The van der Waals surface area contributed by atoms with Crippen molar-refractivity contribution in [2.45, 2.75) is 38.1 Å². The van der Waals surface area contributed by atoms with Crippen molar-refractivity contribution in [3.05, 3.63) is 16.3 Å². The second-order valence-electron chi connectivity index (χ2n) is 5.66. The summed E-state index contributed by atoms with van der Waals surface area (Å²) < 4.78 is 32.1. The van der Waals surface area contributed by atoms with E-state index in [2.05, 4.69) is 9.46 Å². The fourth-order valence-corrected chi connectivity index (χ4v) is 4.61. The van der Waals surface area contributed by atoms with Gasteiger partial charge in [0.1, 0.15) is 9.77 Å². The summed E-state index contributed by atoms with van der Waals surface area (Å²) >= 11 is 1.01. The minimum atomic E-state index is -3.86. The molecule has 0 fully saturated rings. The predicted octanol–water partition coefficient (Wildman–Crippen LogP) is 1.61. The van der Waals surface area contributed by atoms with Gasteiger partial charge >= 0.3 is 5.97 Å². The molecule has 1 aromatic heterocycles. The highest BCUT2D eigenvalue weighted by atomic mass is 32.2. The van der Waals surface area contributed by atoms with Crippen molar-refractivity contribution in [2.75, 3.05) is 13.7 Å². The first-order valence-corrected chi connectivity index (χ1v) is 8.78. The van der Waals surface area contributed by atoms with Crippen molar-refractivity contribution in [3.63, 3.8) is 0 Å². The summed E-state index contributed by atoms with van der Waals surface area (Å²) in [5, 5.41) is 10.6. The highest BCUT2D eigenvalue weighted by molar-refractivity contribution is 7.89. The molecule has 0 aliphatic heterocycles. The zero-order valence-corrected chi connectivity index (χ0v) is 14.2. The van der Waals surface area contributed by atoms with Crippen LogP contribution in [0.2, 0.25) is 0 Å². The number of carbonyl (C=O) groups excluding carboxylic acids is 1. The number of hydrogen-bond donors (Lipinski definition) is 2. The minimum Gasteiger partial charge on any atom is -0.465 e. The lowest BCUT2D eigenvalue weighted by Gasteiger charge is -2.30. The number of ether oxygens (including phenoxy) is 1. The third kappa shape index (κ3) is 4.50. The molecule has 1 aromatic rings. The van der Waals surface area contributed by atoms with E-state index in [-0.39, 0.29) is 21.8 Å². The molecule has 120 valence electrons. The van der Waals surface area contributed by atoms with E-state index in [9.17, 15) is 13.2 Å². The third-order valence-electron chi connectivity index (χ3n) is 3.05. The second-order valence-corrected chi connectivity index (χ2v) is 8.26. The molecule has 1 rings (SSSR count). The number of nitrogens with one attached hydrogen (secondary N) is 1. The Bertz CT molecular complexity index is 586. The number of carbonyl (C=O) groups is 1. The maximum atomic E-state index is 12.5. The normalized spacial score (nSPS) is 14.0. The molecule has 0 aliphatic carbocycles. The van der Waals surface area contributed by atoms with Crippen LogP contribution in [0.4, 0.5) is 0 Å². The fourth-order valence-electron chi connectivity index (χ4n) is 1.80. The summed E-state index contributed by atoms with van der Waals surface area (Å²) in [4.78, 5) is 11.6. The topological polar surface area (TPSA) is 92.7 Å². The molecule has 1 unspecified atom stereocenters. The van der Waals surface area contributed by atoms with E-state index >= 15 is 0 Å². The maximum absolute atomic E-state index is 12.5. The molecule has 21 heavy (non-hydrogen) atoms. The Morgan fingerprint density at radius 3 is 2.57 bits per heavy atom. The molecule has 1 heterocycles. The number of aliphatic hydroxyl groups excluding tert-OH is 1. The summed E-state index contributed by atoms with van der Waals surface area (Å²) in [6.45, 7) is 5.51. The number of aliphatic hydroxyl groups is 1. The maximum Gasteiger partial charge on any atom is 0.349 e. The van der Waals surface area contributed by atoms with Gasteiger partial charge in [-0.1, -0.05) is 20.8 Å². The van der Waals surface area contributed by atoms with E-state index in [0.29, 0.717) is 6.42 Å². The molecule has 1 atom stereocenters. The van der Waals surface area contributed by atoms with Gasteiger partial charge in [0.2, 0.25) is 10.0 Å². The standard InChI is InChI=1S/C13H21NO5S2/c1-13(2,3)10(5-7-15)14-21(17,18)9-6-8-20-11(9)12(16)19-4/h6,8,10,14-15H,5,7H2,1-4H3. The summed E-state index contributed by atoms with van der Waals surface area (Å²) in [6, 6.07) is 0.927. The first-order chi connectivity index (χ1) is 9.63. The van der Waals surface area contributed by atoms with Crippen LogP contribution in [0.1, 0.15) is 36.9 Å². The Hall–Kier alpha value is -0.960. The first kappa shape index (κ1) is 18.1. The predicted molar refractivity (Wildman–Crippen MR) is 80.9 cm³/mol. The highest BCUT2D eigenvalue weighted by Crippen LogP contribution is 2.27. The number of rotatable bonds is 6. The average Bonchev–Trinajstić information content (AvgIpc) is 2.86. The summed E-state index contributed by atoms with van der Waals surface area (Å²) in [5.74, 6) is -0.681. The number of methoxy groups -OCH3 is 1. The zero-order valence-electron chi connectivity index (χ0n) is 12.5. The van der Waals surface area contributed by atoms with E-state index in [1.54, 1.807) is 0 Å². The molecular formula is C13H21NO5S2. The van der Waals surface area contributed by atoms with Crippen LogP contribution in [0.3, 0.4) is 0 Å². The Morgan fingerprint density at radius 1 is 1.48 bits per heavy atom. The van der Waals surface area contributed by atoms with E-state index in [0.717, 1.165) is 11.3 Å². The van der Waals surface area contributed by atoms with Crippen LogP contribution in [0.15, 0.2) is 16.3 Å². The van der Waals surface area contributed by atoms with Crippen molar-refractivity contribution >= 4 is 27.3 Å². The van der Waals surface area contributed by atoms with Crippen molar-refractivity contribution in [2.24, 2.45) is 5.41 Å². The van der Waals surface area contributed by atoms with Gasteiger partial charge < -0.3 is 9.84 Å². The lowest BCUT2D eigenvalue weighted by molar-refractivity contribution is 0.0602. The van der Waals surface area contributed by atoms with Crippen LogP contribution in [0.25, 0.3) is 0 Å². The number of thiophene rings is 1. The Labute approximate surface area is 129 Å². The summed E-state index contributed by atoms with van der Waals surface area (Å²) in [6.07, 6.45) is 0.292. The van der Waals surface area contributed by atoms with Crippen molar-refractivity contribution in [1.29, 1.82) is 0 Å². The van der Waals surface area contributed by atoms with Gasteiger partial charge in [-0.3, -0.25) is 0 Å². The molecule has 0 aromatic carbocycles. The van der Waals surface area contributed by atoms with Crippen molar-refractivity contribution in [3.8, 4) is 0 Å². The molecule has 6 nitrogen and oxygen atoms in total. The lowest BCUT2D eigenvalue weighted by atomic mass is 9.86. The molecule has 0 amide bonds. The van der Waals surface area contributed by atoms with Gasteiger partial charge in [0.05, 0.1) is 7.11 Å². The van der Waals surface area contributed by atoms with E-state index < -0.39 is 22.0 Å². The second kappa shape index (κ2) is 6.87. The zero-order chi connectivity index (χ0) is 16.3. The van der Waals surface area contributed by atoms with Crippen LogP contribution in [0, 0.1) is 5.41 Å². The quantitative estimate of drug-likeness (QED) is 0.771. The molecule has 0 saturated heterocycles. The van der Waals surface area contributed by atoms with E-state index in [4.69, 9.17) is 5.11 Å². The van der Waals surface area contributed by atoms with Gasteiger partial charge in [-0.25, -0.2) is 17.9 Å². The van der Waals surface area contributed by atoms with Gasteiger partial charge in [0.25, 0.3) is 0 Å². The lowest BCUT2D eigenvalue weighted by Crippen LogP contribution is -2.44. The van der Waals surface area contributed by atoms with Crippen LogP contribution >= 0.6 is 11.3 Å². The molecule has 8 heteroatoms. The summed E-state index contributed by atoms with van der Waals surface area (Å²) in [7, 11) is -2.65. The van der Waals surface area contributed by atoms with E-state index in [1.807, 2.05) is 20.8 Å². The van der Waals surface area contributed by atoms with Crippen molar-refractivity contribution < 1.29 is 23.1 Å². The Balaban J connectivity index is 3.12. The van der Waals surface area contributed by atoms with Crippen LogP contribution in [-0.2, 0) is 14.8 Å². The van der Waals surface area contributed by atoms with Gasteiger partial charge in [-0.15, -0.1) is 11.3 Å². The molecule has 0 radical (unpaired) electrons. The molecular weight excluding hydrogens is 314 g/mol. The SMILES string of the molecule is COC(=O)c1sccc1S(=O)(=O)NC(CCO)C(C)(C)C. The van der Waals surface area contributed by atoms with Crippen LogP contribution < -0.4 is 4.72 Å². The van der Waals surface area contributed by atoms with Gasteiger partial charge in [-0.2, -0.15) is 0 Å². The minimum absolute atomic E-state index is 0.0432. The molecule has 0 saturated carbocycles. The number of sulfonamides is 1. The van der Waals surface area contributed by atoms with Crippen molar-refractivity contribution in [1.82, 2.24) is 4.72 Å². The first-order valence-electron chi connectivity index (χ1n) is 6.42. The molecule has 2 N–H and O–H groups in total. The third-order valence-corrected chi connectivity index (χ3v) is 5.59. The van der Waals surface area contributed by atoms with Gasteiger partial charge in [0, 0.05) is 12.6 Å². The molecule has 0 bridgehead atoms. The van der Waals surface area contributed by atoms with Crippen LogP contribution in [0.5, 0.6) is 0 Å². The van der Waals surface area contributed by atoms with Crippen LogP contribution in [-0.4, -0.2) is 39.3 Å². The molecule has 0 spiro atoms. The number of hydrogen-bond acceptors (Lipinski definition) is 6.